The molecular formula is C23H14ClN2O6-. The SMILES string of the molecule is Cc1ccc(N2C(=O)NC(=O)/C(=C/c3ccc(-c4ccc(C(=O)[O-])cc4)o3)C2=O)cc1Cl. The van der Waals surface area contributed by atoms with Crippen molar-refractivity contribution >= 4 is 47.2 Å². The van der Waals surface area contributed by atoms with E-state index >= 15 is 0 Å². The molecule has 4 rings (SSSR count). The van der Waals surface area contributed by atoms with Crippen molar-refractivity contribution in [3.05, 3.63) is 82.1 Å². The van der Waals surface area contributed by atoms with Crippen LogP contribution in [-0.2, 0) is 9.59 Å². The number of hydrogen-bond donors (Lipinski definition) is 1. The minimum absolute atomic E-state index is 0.0214. The highest BCUT2D eigenvalue weighted by Crippen LogP contribution is 2.28. The Balaban J connectivity index is 1.65. The van der Waals surface area contributed by atoms with Gasteiger partial charge in [0.2, 0.25) is 0 Å². The van der Waals surface area contributed by atoms with E-state index in [4.69, 9.17) is 16.0 Å². The Bertz CT molecular complexity index is 1310. The van der Waals surface area contributed by atoms with E-state index in [1.807, 2.05) is 0 Å². The third kappa shape index (κ3) is 3.91. The Morgan fingerprint density at radius 1 is 1.06 bits per heavy atom. The number of anilines is 1. The summed E-state index contributed by atoms with van der Waals surface area (Å²) in [5, 5.41) is 13.4. The lowest BCUT2D eigenvalue weighted by molar-refractivity contribution is -0.255. The third-order valence-electron chi connectivity index (χ3n) is 4.83. The van der Waals surface area contributed by atoms with Crippen LogP contribution in [0.1, 0.15) is 21.7 Å². The summed E-state index contributed by atoms with van der Waals surface area (Å²) < 4.78 is 5.68. The number of nitrogens with one attached hydrogen (secondary N) is 1. The molecule has 8 nitrogen and oxygen atoms in total. The molecule has 0 bridgehead atoms. The minimum atomic E-state index is -1.29. The average molecular weight is 450 g/mol. The normalized spacial score (nSPS) is 15.2. The topological polar surface area (TPSA) is 120 Å². The van der Waals surface area contributed by atoms with Crippen molar-refractivity contribution in [2.75, 3.05) is 4.90 Å². The zero-order chi connectivity index (χ0) is 23.0. The number of benzene rings is 2. The van der Waals surface area contributed by atoms with Gasteiger partial charge in [0.1, 0.15) is 17.1 Å². The number of urea groups is 1. The van der Waals surface area contributed by atoms with E-state index in [9.17, 15) is 24.3 Å². The molecule has 1 fully saturated rings. The number of rotatable bonds is 4. The summed E-state index contributed by atoms with van der Waals surface area (Å²) in [5.74, 6) is -2.39. The van der Waals surface area contributed by atoms with Gasteiger partial charge in [0, 0.05) is 10.6 Å². The first-order valence-corrected chi connectivity index (χ1v) is 9.71. The fraction of sp³-hybridized carbons (Fsp3) is 0.0435. The number of halogens is 1. The molecule has 0 saturated carbocycles. The second-order valence-electron chi connectivity index (χ2n) is 6.96. The average Bonchev–Trinajstić information content (AvgIpc) is 3.22. The summed E-state index contributed by atoms with van der Waals surface area (Å²) in [4.78, 5) is 49.3. The van der Waals surface area contributed by atoms with Crippen molar-refractivity contribution in [3.63, 3.8) is 0 Å². The number of aromatic carboxylic acids is 1. The number of amides is 4. The Morgan fingerprint density at radius 3 is 2.44 bits per heavy atom. The molecule has 0 aliphatic carbocycles. The number of imide groups is 2. The Kier molecular flexibility index (Phi) is 5.38. The van der Waals surface area contributed by atoms with Crippen LogP contribution in [0.3, 0.4) is 0 Å². The van der Waals surface area contributed by atoms with Gasteiger partial charge in [-0.25, -0.2) is 9.69 Å². The second-order valence-corrected chi connectivity index (χ2v) is 7.37. The Labute approximate surface area is 186 Å². The Morgan fingerprint density at radius 2 is 1.78 bits per heavy atom. The summed E-state index contributed by atoms with van der Waals surface area (Å²) in [6, 6.07) is 12.8. The van der Waals surface area contributed by atoms with E-state index in [1.165, 1.54) is 24.3 Å². The molecule has 1 aromatic heterocycles. The van der Waals surface area contributed by atoms with Crippen molar-refractivity contribution in [1.29, 1.82) is 0 Å². The highest BCUT2D eigenvalue weighted by atomic mass is 35.5. The van der Waals surface area contributed by atoms with E-state index in [0.29, 0.717) is 16.3 Å². The lowest BCUT2D eigenvalue weighted by Crippen LogP contribution is -2.54. The van der Waals surface area contributed by atoms with Crippen molar-refractivity contribution in [2.45, 2.75) is 6.92 Å². The lowest BCUT2D eigenvalue weighted by Gasteiger charge is -2.26. The minimum Gasteiger partial charge on any atom is -0.545 e. The summed E-state index contributed by atoms with van der Waals surface area (Å²) in [6.07, 6.45) is 1.23. The van der Waals surface area contributed by atoms with Crippen molar-refractivity contribution in [3.8, 4) is 11.3 Å². The van der Waals surface area contributed by atoms with Crippen LogP contribution in [-0.4, -0.2) is 23.8 Å². The highest BCUT2D eigenvalue weighted by molar-refractivity contribution is 6.39. The van der Waals surface area contributed by atoms with Crippen LogP contribution >= 0.6 is 11.6 Å². The lowest BCUT2D eigenvalue weighted by atomic mass is 10.1. The molecule has 4 amide bonds. The molecule has 1 aliphatic heterocycles. The molecule has 3 aromatic rings. The maximum atomic E-state index is 13.0. The van der Waals surface area contributed by atoms with Gasteiger partial charge in [-0.2, -0.15) is 0 Å². The highest BCUT2D eigenvalue weighted by Gasteiger charge is 2.37. The number of carboxylic acid groups (broad SMARTS) is 1. The molecule has 2 heterocycles. The van der Waals surface area contributed by atoms with Gasteiger partial charge < -0.3 is 14.3 Å². The van der Waals surface area contributed by atoms with Crippen LogP contribution in [0.25, 0.3) is 17.4 Å². The first-order valence-electron chi connectivity index (χ1n) is 9.34. The summed E-state index contributed by atoms with van der Waals surface area (Å²) in [7, 11) is 0. The number of carbonyl (C=O) groups excluding carboxylic acids is 4. The van der Waals surface area contributed by atoms with Gasteiger partial charge >= 0.3 is 6.03 Å². The van der Waals surface area contributed by atoms with Crippen LogP contribution in [0.4, 0.5) is 10.5 Å². The third-order valence-corrected chi connectivity index (χ3v) is 5.24. The van der Waals surface area contributed by atoms with Crippen LogP contribution in [0.2, 0.25) is 5.02 Å². The number of nitrogens with zero attached hydrogens (tertiary/aromatic N) is 1. The van der Waals surface area contributed by atoms with Gasteiger partial charge in [-0.1, -0.05) is 41.9 Å². The summed E-state index contributed by atoms with van der Waals surface area (Å²) >= 11 is 6.11. The molecule has 0 unspecified atom stereocenters. The standard InChI is InChI=1S/C23H15ClN2O6/c1-12-2-7-15(10-18(12)24)26-21(28)17(20(27)25-23(26)31)11-16-8-9-19(32-16)13-3-5-14(6-4-13)22(29)30/h2-11H,1H3,(H,29,30)(H,25,27,31)/p-1/b17-11-. The second kappa shape index (κ2) is 8.16. The van der Waals surface area contributed by atoms with E-state index in [0.717, 1.165) is 10.5 Å². The number of aryl methyl sites for hydroxylation is 1. The molecule has 160 valence electrons. The first kappa shape index (κ1) is 21.1. The predicted molar refractivity (Wildman–Crippen MR) is 114 cm³/mol. The van der Waals surface area contributed by atoms with Gasteiger partial charge in [0.25, 0.3) is 11.8 Å². The fourth-order valence-corrected chi connectivity index (χ4v) is 3.29. The van der Waals surface area contributed by atoms with Gasteiger partial charge in [-0.05, 0) is 48.4 Å². The molecule has 0 radical (unpaired) electrons. The van der Waals surface area contributed by atoms with Crippen LogP contribution in [0.15, 0.2) is 64.6 Å². The van der Waals surface area contributed by atoms with Crippen molar-refractivity contribution in [2.24, 2.45) is 0 Å². The fourth-order valence-electron chi connectivity index (χ4n) is 3.11. The van der Waals surface area contributed by atoms with E-state index in [1.54, 1.807) is 43.3 Å². The number of carboxylic acids is 1. The molecule has 1 saturated heterocycles. The van der Waals surface area contributed by atoms with Crippen molar-refractivity contribution < 1.29 is 28.7 Å². The number of carbonyl (C=O) groups is 4. The van der Waals surface area contributed by atoms with E-state index in [-0.39, 0.29) is 22.6 Å². The van der Waals surface area contributed by atoms with Crippen LogP contribution in [0.5, 0.6) is 0 Å². The summed E-state index contributed by atoms with van der Waals surface area (Å²) in [6.45, 7) is 1.78. The molecule has 1 aliphatic rings. The molecule has 2 aromatic carbocycles. The molecule has 0 atom stereocenters. The maximum absolute atomic E-state index is 13.0. The number of hydrogen-bond acceptors (Lipinski definition) is 6. The van der Waals surface area contributed by atoms with E-state index < -0.39 is 23.8 Å². The maximum Gasteiger partial charge on any atom is 0.335 e. The van der Waals surface area contributed by atoms with Crippen LogP contribution < -0.4 is 15.3 Å². The van der Waals surface area contributed by atoms with Gasteiger partial charge in [-0.15, -0.1) is 0 Å². The molecule has 1 N–H and O–H groups in total. The zero-order valence-corrected chi connectivity index (χ0v) is 17.3. The Hall–Kier alpha value is -4.17. The van der Waals surface area contributed by atoms with E-state index in [2.05, 4.69) is 5.32 Å². The number of barbiturate groups is 1. The monoisotopic (exact) mass is 449 g/mol. The first-order chi connectivity index (χ1) is 15.2. The van der Waals surface area contributed by atoms with Crippen LogP contribution in [0, 0.1) is 6.92 Å². The predicted octanol–water partition coefficient (Wildman–Crippen LogP) is 2.94. The van der Waals surface area contributed by atoms with Gasteiger partial charge in [0.05, 0.1) is 11.7 Å². The van der Waals surface area contributed by atoms with Crippen molar-refractivity contribution in [1.82, 2.24) is 5.32 Å². The molecule has 9 heteroatoms. The van der Waals surface area contributed by atoms with Gasteiger partial charge in [-0.3, -0.25) is 14.9 Å². The largest absolute Gasteiger partial charge is 0.545 e. The quantitative estimate of drug-likeness (QED) is 0.483. The number of furan rings is 1. The zero-order valence-electron chi connectivity index (χ0n) is 16.5. The van der Waals surface area contributed by atoms with Gasteiger partial charge in [0.15, 0.2) is 0 Å². The molecule has 32 heavy (non-hydrogen) atoms. The molecular weight excluding hydrogens is 436 g/mol. The smallest absolute Gasteiger partial charge is 0.335 e. The summed E-state index contributed by atoms with van der Waals surface area (Å²) in [5.41, 5.74) is 1.30. The molecule has 0 spiro atoms.